The van der Waals surface area contributed by atoms with E-state index in [2.05, 4.69) is 4.98 Å². The van der Waals surface area contributed by atoms with Crippen molar-refractivity contribution in [2.75, 3.05) is 18.0 Å². The SMILES string of the molecule is CCCN(CC1CC1)c1nc(C(F)(F)F)ccc1C(N)=O. The lowest BCUT2D eigenvalue weighted by Gasteiger charge is -2.25. The lowest BCUT2D eigenvalue weighted by Crippen LogP contribution is -2.31. The first kappa shape index (κ1) is 15.6. The minimum absolute atomic E-state index is 0.0390. The lowest BCUT2D eigenvalue weighted by atomic mass is 10.2. The molecule has 1 aliphatic rings. The second kappa shape index (κ2) is 5.91. The van der Waals surface area contributed by atoms with Crippen molar-refractivity contribution < 1.29 is 18.0 Å². The van der Waals surface area contributed by atoms with Gasteiger partial charge in [0.25, 0.3) is 5.91 Å². The third-order valence-corrected chi connectivity index (χ3v) is 3.40. The Bertz CT molecular complexity index is 527. The van der Waals surface area contributed by atoms with Crippen LogP contribution in [0.1, 0.15) is 42.2 Å². The van der Waals surface area contributed by atoms with Gasteiger partial charge < -0.3 is 10.6 Å². The van der Waals surface area contributed by atoms with Gasteiger partial charge >= 0.3 is 6.18 Å². The summed E-state index contributed by atoms with van der Waals surface area (Å²) >= 11 is 0. The van der Waals surface area contributed by atoms with Gasteiger partial charge in [-0.25, -0.2) is 4.98 Å². The molecule has 2 N–H and O–H groups in total. The van der Waals surface area contributed by atoms with Crippen molar-refractivity contribution in [1.82, 2.24) is 4.98 Å². The van der Waals surface area contributed by atoms with E-state index >= 15 is 0 Å². The molecule has 1 amide bonds. The van der Waals surface area contributed by atoms with Crippen LogP contribution in [0, 0.1) is 5.92 Å². The summed E-state index contributed by atoms with van der Waals surface area (Å²) in [4.78, 5) is 16.9. The summed E-state index contributed by atoms with van der Waals surface area (Å²) in [5, 5.41) is 0. The van der Waals surface area contributed by atoms with Gasteiger partial charge in [0.2, 0.25) is 0 Å². The maximum Gasteiger partial charge on any atom is 0.433 e. The number of carbonyl (C=O) groups is 1. The molecule has 0 bridgehead atoms. The first-order valence-corrected chi connectivity index (χ1v) is 6.96. The van der Waals surface area contributed by atoms with Gasteiger partial charge in [-0.05, 0) is 37.3 Å². The predicted octanol–water partition coefficient (Wildman–Crippen LogP) is 2.83. The minimum atomic E-state index is -4.54. The van der Waals surface area contributed by atoms with Gasteiger partial charge in [-0.3, -0.25) is 4.79 Å². The number of halogens is 3. The minimum Gasteiger partial charge on any atom is -0.365 e. The van der Waals surface area contributed by atoms with E-state index in [-0.39, 0.29) is 11.4 Å². The number of nitrogens with two attached hydrogens (primary N) is 1. The maximum atomic E-state index is 12.8. The zero-order chi connectivity index (χ0) is 15.6. The number of hydrogen-bond acceptors (Lipinski definition) is 3. The van der Waals surface area contributed by atoms with Crippen LogP contribution in [0.4, 0.5) is 19.0 Å². The second-order valence-electron chi connectivity index (χ2n) is 5.32. The van der Waals surface area contributed by atoms with E-state index in [0.29, 0.717) is 19.0 Å². The maximum absolute atomic E-state index is 12.8. The summed E-state index contributed by atoms with van der Waals surface area (Å²) in [6.45, 7) is 3.09. The Morgan fingerprint density at radius 3 is 2.57 bits per heavy atom. The Morgan fingerprint density at radius 2 is 2.10 bits per heavy atom. The van der Waals surface area contributed by atoms with Gasteiger partial charge in [-0.2, -0.15) is 13.2 Å². The molecule has 0 unspecified atom stereocenters. The Hall–Kier alpha value is -1.79. The van der Waals surface area contributed by atoms with Crippen molar-refractivity contribution in [3.63, 3.8) is 0 Å². The Labute approximate surface area is 121 Å². The molecular weight excluding hydrogens is 283 g/mol. The van der Waals surface area contributed by atoms with Crippen molar-refractivity contribution in [2.24, 2.45) is 11.7 Å². The average Bonchev–Trinajstić information content (AvgIpc) is 3.20. The van der Waals surface area contributed by atoms with Crippen molar-refractivity contribution in [3.05, 3.63) is 23.4 Å². The zero-order valence-corrected chi connectivity index (χ0v) is 11.8. The van der Waals surface area contributed by atoms with Crippen LogP contribution in [-0.4, -0.2) is 24.0 Å². The molecule has 0 spiro atoms. The van der Waals surface area contributed by atoms with Gasteiger partial charge in [0.05, 0.1) is 5.56 Å². The number of primary amides is 1. The molecule has 2 rings (SSSR count). The number of hydrogen-bond donors (Lipinski definition) is 1. The standard InChI is InChI=1S/C14H18F3N3O/c1-2-7-20(8-9-3-4-9)13-10(12(18)21)5-6-11(19-13)14(15,16)17/h5-6,9H,2-4,7-8H2,1H3,(H2,18,21). The van der Waals surface area contributed by atoms with Crippen molar-refractivity contribution in [2.45, 2.75) is 32.4 Å². The quantitative estimate of drug-likeness (QED) is 0.879. The summed E-state index contributed by atoms with van der Waals surface area (Å²) in [6.07, 6.45) is -1.67. The van der Waals surface area contributed by atoms with E-state index in [1.165, 1.54) is 0 Å². The normalized spacial score (nSPS) is 15.0. The second-order valence-corrected chi connectivity index (χ2v) is 5.32. The van der Waals surface area contributed by atoms with Gasteiger partial charge in [-0.1, -0.05) is 6.92 Å². The summed E-state index contributed by atoms with van der Waals surface area (Å²) < 4.78 is 38.5. The van der Waals surface area contributed by atoms with E-state index < -0.39 is 17.8 Å². The molecule has 116 valence electrons. The molecule has 7 heteroatoms. The highest BCUT2D eigenvalue weighted by molar-refractivity contribution is 5.97. The molecule has 0 atom stereocenters. The number of rotatable bonds is 6. The summed E-state index contributed by atoms with van der Waals surface area (Å²) in [6, 6.07) is 1.91. The Kier molecular flexibility index (Phi) is 4.39. The van der Waals surface area contributed by atoms with Gasteiger partial charge in [0, 0.05) is 13.1 Å². The molecule has 0 aliphatic heterocycles. The molecule has 0 radical (unpaired) electrons. The molecule has 1 aromatic rings. The van der Waals surface area contributed by atoms with Crippen LogP contribution in [0.25, 0.3) is 0 Å². The van der Waals surface area contributed by atoms with E-state index in [4.69, 9.17) is 5.73 Å². The smallest absolute Gasteiger partial charge is 0.365 e. The number of carbonyl (C=O) groups excluding carboxylic acids is 1. The predicted molar refractivity (Wildman–Crippen MR) is 73.0 cm³/mol. The van der Waals surface area contributed by atoms with Crippen LogP contribution in [0.3, 0.4) is 0 Å². The number of nitrogens with zero attached hydrogens (tertiary/aromatic N) is 2. The van der Waals surface area contributed by atoms with Gasteiger partial charge in [-0.15, -0.1) is 0 Å². The van der Waals surface area contributed by atoms with Crippen LogP contribution in [0.2, 0.25) is 0 Å². The van der Waals surface area contributed by atoms with Crippen LogP contribution in [0.15, 0.2) is 12.1 Å². The highest BCUT2D eigenvalue weighted by Crippen LogP contribution is 2.34. The molecule has 1 aromatic heterocycles. The van der Waals surface area contributed by atoms with Crippen molar-refractivity contribution >= 4 is 11.7 Å². The van der Waals surface area contributed by atoms with Gasteiger partial charge in [0.15, 0.2) is 0 Å². The molecule has 1 heterocycles. The molecule has 1 fully saturated rings. The molecule has 1 saturated carbocycles. The lowest BCUT2D eigenvalue weighted by molar-refractivity contribution is -0.141. The number of alkyl halides is 3. The number of pyridine rings is 1. The zero-order valence-electron chi connectivity index (χ0n) is 11.8. The summed E-state index contributed by atoms with van der Waals surface area (Å²) in [7, 11) is 0. The fraction of sp³-hybridized carbons (Fsp3) is 0.571. The molecule has 1 aliphatic carbocycles. The van der Waals surface area contributed by atoms with Gasteiger partial charge in [0.1, 0.15) is 11.5 Å². The van der Waals surface area contributed by atoms with Crippen LogP contribution < -0.4 is 10.6 Å². The number of aromatic nitrogens is 1. The van der Waals surface area contributed by atoms with Crippen LogP contribution in [-0.2, 0) is 6.18 Å². The van der Waals surface area contributed by atoms with Crippen LogP contribution >= 0.6 is 0 Å². The van der Waals surface area contributed by atoms with E-state index in [1.54, 1.807) is 4.90 Å². The largest absolute Gasteiger partial charge is 0.433 e. The Balaban J connectivity index is 2.41. The summed E-state index contributed by atoms with van der Waals surface area (Å²) in [5.74, 6) is -0.247. The van der Waals surface area contributed by atoms with Crippen LogP contribution in [0.5, 0.6) is 0 Å². The molecular formula is C14H18F3N3O. The monoisotopic (exact) mass is 301 g/mol. The molecule has 4 nitrogen and oxygen atoms in total. The van der Waals surface area contributed by atoms with E-state index in [0.717, 1.165) is 31.4 Å². The molecule has 0 aromatic carbocycles. The fourth-order valence-corrected chi connectivity index (χ4v) is 2.21. The average molecular weight is 301 g/mol. The molecule has 0 saturated heterocycles. The first-order chi connectivity index (χ1) is 9.82. The fourth-order valence-electron chi connectivity index (χ4n) is 2.21. The topological polar surface area (TPSA) is 59.2 Å². The molecule has 21 heavy (non-hydrogen) atoms. The van der Waals surface area contributed by atoms with E-state index in [1.807, 2.05) is 6.92 Å². The summed E-state index contributed by atoms with van der Waals surface area (Å²) in [5.41, 5.74) is 4.31. The number of amides is 1. The van der Waals surface area contributed by atoms with E-state index in [9.17, 15) is 18.0 Å². The third kappa shape index (κ3) is 3.86. The van der Waals surface area contributed by atoms with Crippen molar-refractivity contribution in [1.29, 1.82) is 0 Å². The highest BCUT2D eigenvalue weighted by atomic mass is 19.4. The highest BCUT2D eigenvalue weighted by Gasteiger charge is 2.34. The third-order valence-electron chi connectivity index (χ3n) is 3.40. The number of anilines is 1. The Morgan fingerprint density at radius 1 is 1.43 bits per heavy atom. The van der Waals surface area contributed by atoms with Crippen molar-refractivity contribution in [3.8, 4) is 0 Å². The first-order valence-electron chi connectivity index (χ1n) is 6.96.